The Balaban J connectivity index is 1.62. The summed E-state index contributed by atoms with van der Waals surface area (Å²) in [5, 5.41) is 10.8. The first-order valence-electron chi connectivity index (χ1n) is 11.4. The molecule has 0 saturated carbocycles. The molecule has 1 saturated heterocycles. The average Bonchev–Trinajstić information content (AvgIpc) is 2.83. The van der Waals surface area contributed by atoms with Crippen LogP contribution in [0.5, 0.6) is 0 Å². The fraction of sp³-hybridized carbons (Fsp3) is 0.346. The van der Waals surface area contributed by atoms with E-state index in [4.69, 9.17) is 10.5 Å². The molecule has 0 amide bonds. The van der Waals surface area contributed by atoms with Crippen LogP contribution in [0.4, 0.5) is 13.2 Å². The molecule has 0 bridgehead atoms. The predicted octanol–water partition coefficient (Wildman–Crippen LogP) is 4.30. The van der Waals surface area contributed by atoms with E-state index in [1.807, 2.05) is 6.92 Å². The summed E-state index contributed by atoms with van der Waals surface area (Å²) in [6.07, 6.45) is 2.71. The maximum Gasteiger partial charge on any atom is 0.185 e. The minimum absolute atomic E-state index is 0.145. The molecule has 3 heterocycles. The predicted molar refractivity (Wildman–Crippen MR) is 123 cm³/mol. The lowest BCUT2D eigenvalue weighted by Gasteiger charge is -2.45. The van der Waals surface area contributed by atoms with Gasteiger partial charge in [0.15, 0.2) is 5.78 Å². The third-order valence-corrected chi connectivity index (χ3v) is 6.72. The number of rotatable bonds is 6. The summed E-state index contributed by atoms with van der Waals surface area (Å²) >= 11 is 0. The smallest absolute Gasteiger partial charge is 0.185 e. The molecule has 2 aromatic heterocycles. The van der Waals surface area contributed by atoms with Crippen molar-refractivity contribution in [2.75, 3.05) is 0 Å². The zero-order chi connectivity index (χ0) is 25.3. The summed E-state index contributed by atoms with van der Waals surface area (Å²) in [6, 6.07) is 6.47. The first-order valence-corrected chi connectivity index (χ1v) is 11.4. The maximum absolute atomic E-state index is 14.4. The maximum atomic E-state index is 14.4. The number of aliphatic hydroxyl groups is 1. The van der Waals surface area contributed by atoms with Gasteiger partial charge < -0.3 is 15.6 Å². The number of nitrogens with two attached hydrogens (primary N) is 1. The van der Waals surface area contributed by atoms with Gasteiger partial charge in [0.25, 0.3) is 0 Å². The van der Waals surface area contributed by atoms with Crippen molar-refractivity contribution >= 4 is 5.78 Å². The van der Waals surface area contributed by atoms with E-state index in [2.05, 4.69) is 9.97 Å². The molecule has 0 spiro atoms. The fourth-order valence-electron chi connectivity index (χ4n) is 4.57. The number of ether oxygens (including phenoxy) is 1. The minimum atomic E-state index is -1.16. The van der Waals surface area contributed by atoms with E-state index < -0.39 is 58.3 Å². The third-order valence-electron chi connectivity index (χ3n) is 6.72. The van der Waals surface area contributed by atoms with Crippen LogP contribution >= 0.6 is 0 Å². The van der Waals surface area contributed by atoms with Gasteiger partial charge in [-0.05, 0) is 61.2 Å². The van der Waals surface area contributed by atoms with Gasteiger partial charge in [0.1, 0.15) is 34.4 Å². The van der Waals surface area contributed by atoms with Crippen molar-refractivity contribution in [3.63, 3.8) is 0 Å². The molecule has 0 aliphatic carbocycles. The van der Waals surface area contributed by atoms with Crippen LogP contribution in [0.15, 0.2) is 48.8 Å². The van der Waals surface area contributed by atoms with Crippen LogP contribution in [-0.2, 0) is 11.2 Å². The molecule has 3 aromatic rings. The Hall–Kier alpha value is -3.14. The van der Waals surface area contributed by atoms with Crippen molar-refractivity contribution in [2.24, 2.45) is 5.73 Å². The molecule has 35 heavy (non-hydrogen) atoms. The number of aromatic nitrogens is 2. The van der Waals surface area contributed by atoms with E-state index in [-0.39, 0.29) is 12.1 Å². The molecule has 0 radical (unpaired) electrons. The van der Waals surface area contributed by atoms with Gasteiger partial charge in [-0.1, -0.05) is 13.0 Å². The number of carbonyl (C=O) groups excluding carboxylic acids is 1. The number of carbonyl (C=O) groups is 1. The van der Waals surface area contributed by atoms with Crippen molar-refractivity contribution in [3.8, 4) is 11.3 Å². The molecule has 6 nitrogen and oxygen atoms in total. The van der Waals surface area contributed by atoms with E-state index in [0.29, 0.717) is 24.0 Å². The van der Waals surface area contributed by atoms with Crippen molar-refractivity contribution in [2.45, 2.75) is 57.0 Å². The Bertz CT molecular complexity index is 1220. The number of ketones is 1. The van der Waals surface area contributed by atoms with Crippen LogP contribution in [0, 0.1) is 17.5 Å². The zero-order valence-electron chi connectivity index (χ0n) is 19.3. The SMILES string of the molecule is CC[C@]1(O)[C@H](N)C[C@H](c2ccncc2CC(=O)c2ccc(F)c(-c3c(F)cccc3F)n2)O[C@@H]1C. The summed E-state index contributed by atoms with van der Waals surface area (Å²) in [5.41, 5.74) is 5.00. The van der Waals surface area contributed by atoms with Gasteiger partial charge >= 0.3 is 0 Å². The van der Waals surface area contributed by atoms with Gasteiger partial charge in [-0.15, -0.1) is 0 Å². The molecule has 184 valence electrons. The standard InChI is InChI=1S/C26H26F3N3O3/c1-3-26(34)14(2)35-22(12-23(26)30)16-9-10-31-13-15(16)11-21(33)20-8-7-19(29)25(32-20)24-17(27)5-4-6-18(24)28/h4-10,13-14,22-23,34H,3,11-12,30H2,1-2H3/t14-,22-,23-,26-/m1/s1. The molecule has 4 atom stereocenters. The van der Waals surface area contributed by atoms with E-state index in [1.165, 1.54) is 12.3 Å². The second-order valence-corrected chi connectivity index (χ2v) is 8.75. The van der Waals surface area contributed by atoms with Crippen molar-refractivity contribution in [1.82, 2.24) is 9.97 Å². The molecule has 1 fully saturated rings. The second kappa shape index (κ2) is 9.85. The van der Waals surface area contributed by atoms with E-state index in [0.717, 1.165) is 24.3 Å². The first-order chi connectivity index (χ1) is 16.7. The summed E-state index contributed by atoms with van der Waals surface area (Å²) < 4.78 is 48.9. The normalized spacial score (nSPS) is 24.4. The second-order valence-electron chi connectivity index (χ2n) is 8.75. The molecule has 9 heteroatoms. The van der Waals surface area contributed by atoms with Crippen LogP contribution in [0.25, 0.3) is 11.3 Å². The van der Waals surface area contributed by atoms with E-state index in [1.54, 1.807) is 19.2 Å². The monoisotopic (exact) mass is 485 g/mol. The van der Waals surface area contributed by atoms with Crippen molar-refractivity contribution in [1.29, 1.82) is 0 Å². The van der Waals surface area contributed by atoms with Gasteiger partial charge in [-0.25, -0.2) is 18.2 Å². The molecular formula is C26H26F3N3O3. The highest BCUT2D eigenvalue weighted by Gasteiger charge is 2.45. The molecule has 3 N–H and O–H groups in total. The molecule has 1 aliphatic heterocycles. The number of hydrogen-bond donors (Lipinski definition) is 2. The Morgan fingerprint density at radius 1 is 1.17 bits per heavy atom. The van der Waals surface area contributed by atoms with Crippen LogP contribution < -0.4 is 5.73 Å². The van der Waals surface area contributed by atoms with E-state index >= 15 is 0 Å². The quantitative estimate of drug-likeness (QED) is 0.505. The van der Waals surface area contributed by atoms with Crippen LogP contribution in [0.1, 0.15) is 54.4 Å². The number of Topliss-reactive ketones (excluding diaryl/α,β-unsaturated/α-hetero) is 1. The minimum Gasteiger partial charge on any atom is -0.386 e. The molecular weight excluding hydrogens is 459 g/mol. The Labute approximate surface area is 201 Å². The topological polar surface area (TPSA) is 98.3 Å². The molecule has 1 aromatic carbocycles. The lowest BCUT2D eigenvalue weighted by atomic mass is 9.79. The van der Waals surface area contributed by atoms with Crippen LogP contribution in [-0.4, -0.2) is 38.6 Å². The van der Waals surface area contributed by atoms with Gasteiger partial charge in [0.05, 0.1) is 17.8 Å². The number of benzene rings is 1. The Morgan fingerprint density at radius 3 is 2.54 bits per heavy atom. The zero-order valence-corrected chi connectivity index (χ0v) is 19.3. The molecule has 0 unspecified atom stereocenters. The summed E-state index contributed by atoms with van der Waals surface area (Å²) in [7, 11) is 0. The van der Waals surface area contributed by atoms with Crippen LogP contribution in [0.2, 0.25) is 0 Å². The molecule has 1 aliphatic rings. The number of nitrogens with zero attached hydrogens (tertiary/aromatic N) is 2. The molecule has 4 rings (SSSR count). The number of hydrogen-bond acceptors (Lipinski definition) is 6. The highest BCUT2D eigenvalue weighted by atomic mass is 19.1. The lowest BCUT2D eigenvalue weighted by molar-refractivity contribution is -0.181. The van der Waals surface area contributed by atoms with Gasteiger partial charge in [-0.2, -0.15) is 0 Å². The van der Waals surface area contributed by atoms with Gasteiger partial charge in [0.2, 0.25) is 0 Å². The largest absolute Gasteiger partial charge is 0.386 e. The summed E-state index contributed by atoms with van der Waals surface area (Å²) in [5.74, 6) is -3.41. The van der Waals surface area contributed by atoms with Crippen molar-refractivity contribution < 1.29 is 27.8 Å². The van der Waals surface area contributed by atoms with Gasteiger partial charge in [-0.3, -0.25) is 9.78 Å². The highest BCUT2D eigenvalue weighted by molar-refractivity contribution is 5.96. The summed E-state index contributed by atoms with van der Waals surface area (Å²) in [6.45, 7) is 3.60. The summed E-state index contributed by atoms with van der Waals surface area (Å²) in [4.78, 5) is 21.1. The van der Waals surface area contributed by atoms with E-state index in [9.17, 15) is 23.1 Å². The number of pyridine rings is 2. The third kappa shape index (κ3) is 4.71. The van der Waals surface area contributed by atoms with Crippen molar-refractivity contribution in [3.05, 3.63) is 83.1 Å². The Morgan fingerprint density at radius 2 is 1.89 bits per heavy atom. The lowest BCUT2D eigenvalue weighted by Crippen LogP contribution is -2.59. The fourth-order valence-corrected chi connectivity index (χ4v) is 4.57. The first kappa shape index (κ1) is 25.0. The van der Waals surface area contributed by atoms with Crippen LogP contribution in [0.3, 0.4) is 0 Å². The average molecular weight is 486 g/mol. The highest BCUT2D eigenvalue weighted by Crippen LogP contribution is 2.39. The number of halogens is 3. The van der Waals surface area contributed by atoms with Gasteiger partial charge in [0, 0.05) is 24.9 Å². The Kier molecular flexibility index (Phi) is 7.02.